The number of rotatable bonds is 4. The van der Waals surface area contributed by atoms with Gasteiger partial charge in [0.1, 0.15) is 5.75 Å². The minimum Gasteiger partial charge on any atom is -0.496 e. The van der Waals surface area contributed by atoms with Crippen molar-refractivity contribution in [3.63, 3.8) is 0 Å². The molecule has 0 saturated heterocycles. The molecule has 21 heavy (non-hydrogen) atoms. The average molecular weight is 375 g/mol. The maximum absolute atomic E-state index is 11.6. The maximum atomic E-state index is 11.6. The Kier molecular flexibility index (Phi) is 4.35. The van der Waals surface area contributed by atoms with E-state index in [1.165, 1.54) is 11.7 Å². The number of nitrogens with zero attached hydrogens (tertiary/aromatic N) is 3. The molecule has 0 saturated carbocycles. The van der Waals surface area contributed by atoms with Gasteiger partial charge in [-0.05, 0) is 32.0 Å². The van der Waals surface area contributed by atoms with Crippen LogP contribution >= 0.6 is 15.9 Å². The van der Waals surface area contributed by atoms with Gasteiger partial charge in [-0.2, -0.15) is 0 Å². The second-order valence-electron chi connectivity index (χ2n) is 4.66. The molecule has 1 aromatic heterocycles. The Balaban J connectivity index is 2.74. The molecule has 0 aliphatic heterocycles. The van der Waals surface area contributed by atoms with Gasteiger partial charge in [0.15, 0.2) is 5.82 Å². The number of methoxy groups -OCH3 is 1. The number of aromatic nitrogens is 3. The summed E-state index contributed by atoms with van der Waals surface area (Å²) in [5.74, 6) is 0.943. The van der Waals surface area contributed by atoms with Crippen molar-refractivity contribution >= 4 is 26.0 Å². The molecule has 2 N–H and O–H groups in total. The predicted molar refractivity (Wildman–Crippen MR) is 81.5 cm³/mol. The molecular formula is C12H15BrN4O3S. The lowest BCUT2D eigenvalue weighted by Gasteiger charge is -2.14. The van der Waals surface area contributed by atoms with Crippen LogP contribution in [0.4, 0.5) is 0 Å². The number of benzene rings is 1. The van der Waals surface area contributed by atoms with Crippen molar-refractivity contribution in [3.8, 4) is 17.1 Å². The number of nitrogens with two attached hydrogens (primary N) is 1. The first-order valence-electron chi connectivity index (χ1n) is 6.07. The van der Waals surface area contributed by atoms with Gasteiger partial charge >= 0.3 is 0 Å². The van der Waals surface area contributed by atoms with Crippen molar-refractivity contribution in [2.45, 2.75) is 25.0 Å². The highest BCUT2D eigenvalue weighted by molar-refractivity contribution is 9.10. The van der Waals surface area contributed by atoms with E-state index >= 15 is 0 Å². The summed E-state index contributed by atoms with van der Waals surface area (Å²) in [6.45, 7) is 3.65. The number of hydrogen-bond donors (Lipinski definition) is 1. The van der Waals surface area contributed by atoms with Gasteiger partial charge in [-0.25, -0.2) is 13.6 Å². The lowest BCUT2D eigenvalue weighted by molar-refractivity contribution is 0.415. The highest BCUT2D eigenvalue weighted by atomic mass is 79.9. The SMILES string of the molecule is COc1cc(Br)ccc1-c1nnc(S(N)(=O)=O)n1C(C)C. The van der Waals surface area contributed by atoms with Gasteiger partial charge < -0.3 is 4.74 Å². The first-order valence-corrected chi connectivity index (χ1v) is 8.41. The standard InChI is InChI=1S/C12H15BrN4O3S/c1-7(2)17-11(15-16-12(17)21(14,18)19)9-5-4-8(13)6-10(9)20-3/h4-7H,1-3H3,(H2,14,18,19). The van der Waals surface area contributed by atoms with Crippen molar-refractivity contribution in [1.82, 2.24) is 14.8 Å². The third kappa shape index (κ3) is 3.09. The summed E-state index contributed by atoms with van der Waals surface area (Å²) in [4.78, 5) is 0. The van der Waals surface area contributed by atoms with Crippen LogP contribution in [0.25, 0.3) is 11.4 Å². The lowest BCUT2D eigenvalue weighted by Crippen LogP contribution is -2.20. The summed E-state index contributed by atoms with van der Waals surface area (Å²) < 4.78 is 30.9. The summed E-state index contributed by atoms with van der Waals surface area (Å²) in [5.41, 5.74) is 0.636. The van der Waals surface area contributed by atoms with E-state index in [2.05, 4.69) is 26.1 Å². The predicted octanol–water partition coefficient (Wildman–Crippen LogP) is 1.94. The third-order valence-corrected chi connectivity index (χ3v) is 4.12. The zero-order valence-corrected chi connectivity index (χ0v) is 14.1. The Labute approximate surface area is 131 Å². The molecule has 0 amide bonds. The van der Waals surface area contributed by atoms with Crippen LogP contribution in [0.2, 0.25) is 0 Å². The molecule has 0 fully saturated rings. The Bertz CT molecular complexity index is 771. The summed E-state index contributed by atoms with van der Waals surface area (Å²) in [6, 6.07) is 5.18. The number of primary sulfonamides is 1. The molecule has 114 valence electrons. The van der Waals surface area contributed by atoms with Crippen LogP contribution in [0, 0.1) is 0 Å². The van der Waals surface area contributed by atoms with E-state index in [1.54, 1.807) is 12.1 Å². The van der Waals surface area contributed by atoms with Gasteiger partial charge in [0.25, 0.3) is 15.2 Å². The molecule has 0 spiro atoms. The van der Waals surface area contributed by atoms with Crippen LogP contribution < -0.4 is 9.88 Å². The van der Waals surface area contributed by atoms with Crippen molar-refractivity contribution in [3.05, 3.63) is 22.7 Å². The monoisotopic (exact) mass is 374 g/mol. The zero-order valence-electron chi connectivity index (χ0n) is 11.7. The molecule has 0 atom stereocenters. The Morgan fingerprint density at radius 3 is 2.52 bits per heavy atom. The molecular weight excluding hydrogens is 360 g/mol. The molecule has 2 aromatic rings. The van der Waals surface area contributed by atoms with Crippen molar-refractivity contribution < 1.29 is 13.2 Å². The molecule has 9 heteroatoms. The number of sulfonamides is 1. The van der Waals surface area contributed by atoms with Crippen LogP contribution in [0.5, 0.6) is 5.75 Å². The van der Waals surface area contributed by atoms with Gasteiger partial charge in [-0.15, -0.1) is 10.2 Å². The second-order valence-corrected chi connectivity index (χ2v) is 7.03. The fraction of sp³-hybridized carbons (Fsp3) is 0.333. The minimum absolute atomic E-state index is 0.184. The highest BCUT2D eigenvalue weighted by Crippen LogP contribution is 2.33. The van der Waals surface area contributed by atoms with E-state index in [-0.39, 0.29) is 11.2 Å². The average Bonchev–Trinajstić information content (AvgIpc) is 2.83. The zero-order chi connectivity index (χ0) is 15.8. The van der Waals surface area contributed by atoms with Crippen molar-refractivity contribution in [2.75, 3.05) is 7.11 Å². The quantitative estimate of drug-likeness (QED) is 0.880. The first-order chi connectivity index (χ1) is 9.75. The Hall–Kier alpha value is -1.45. The van der Waals surface area contributed by atoms with Gasteiger partial charge in [-0.3, -0.25) is 4.57 Å². The molecule has 7 nitrogen and oxygen atoms in total. The molecule has 2 rings (SSSR count). The summed E-state index contributed by atoms with van der Waals surface area (Å²) in [7, 11) is -2.42. The van der Waals surface area contributed by atoms with E-state index in [4.69, 9.17) is 9.88 Å². The van der Waals surface area contributed by atoms with Crippen LogP contribution in [0.1, 0.15) is 19.9 Å². The smallest absolute Gasteiger partial charge is 0.273 e. The fourth-order valence-corrected chi connectivity index (χ4v) is 3.04. The summed E-state index contributed by atoms with van der Waals surface area (Å²) in [5, 5.41) is 12.6. The second kappa shape index (κ2) is 5.74. The van der Waals surface area contributed by atoms with Crippen molar-refractivity contribution in [1.29, 1.82) is 0 Å². The van der Waals surface area contributed by atoms with Crippen LogP contribution in [-0.2, 0) is 10.0 Å². The molecule has 0 aliphatic carbocycles. The summed E-state index contributed by atoms with van der Waals surface area (Å²) >= 11 is 3.36. The van der Waals surface area contributed by atoms with E-state index in [9.17, 15) is 8.42 Å². The number of hydrogen-bond acceptors (Lipinski definition) is 5. The van der Waals surface area contributed by atoms with E-state index in [0.29, 0.717) is 17.1 Å². The fourth-order valence-electron chi connectivity index (χ4n) is 1.97. The topological polar surface area (TPSA) is 100 Å². The van der Waals surface area contributed by atoms with Gasteiger partial charge in [-0.1, -0.05) is 15.9 Å². The largest absolute Gasteiger partial charge is 0.496 e. The van der Waals surface area contributed by atoms with Gasteiger partial charge in [0.2, 0.25) is 0 Å². The third-order valence-electron chi connectivity index (χ3n) is 2.84. The van der Waals surface area contributed by atoms with E-state index < -0.39 is 10.0 Å². The molecule has 1 aromatic carbocycles. The molecule has 0 unspecified atom stereocenters. The van der Waals surface area contributed by atoms with Crippen LogP contribution in [0.3, 0.4) is 0 Å². The summed E-state index contributed by atoms with van der Waals surface area (Å²) in [6.07, 6.45) is 0. The van der Waals surface area contributed by atoms with E-state index in [0.717, 1.165) is 4.47 Å². The van der Waals surface area contributed by atoms with Crippen LogP contribution in [0.15, 0.2) is 27.8 Å². The Morgan fingerprint density at radius 1 is 1.33 bits per heavy atom. The number of ether oxygens (including phenoxy) is 1. The van der Waals surface area contributed by atoms with Gasteiger partial charge in [0, 0.05) is 10.5 Å². The first kappa shape index (κ1) is 15.9. The molecule has 0 bridgehead atoms. The Morgan fingerprint density at radius 2 is 2.00 bits per heavy atom. The highest BCUT2D eigenvalue weighted by Gasteiger charge is 2.25. The van der Waals surface area contributed by atoms with E-state index in [1.807, 2.05) is 19.9 Å². The molecule has 0 aliphatic rings. The molecule has 0 radical (unpaired) electrons. The number of halogens is 1. The maximum Gasteiger partial charge on any atom is 0.273 e. The molecule has 1 heterocycles. The van der Waals surface area contributed by atoms with Gasteiger partial charge in [0.05, 0.1) is 12.7 Å². The van der Waals surface area contributed by atoms with Crippen molar-refractivity contribution in [2.24, 2.45) is 5.14 Å². The normalized spacial score (nSPS) is 11.9. The van der Waals surface area contributed by atoms with Crippen LogP contribution in [-0.4, -0.2) is 30.3 Å². The minimum atomic E-state index is -3.95. The lowest BCUT2D eigenvalue weighted by atomic mass is 10.2.